The highest BCUT2D eigenvalue weighted by Crippen LogP contribution is 2.24. The standard InChI is InChI=1S/C18H17FN2O2/c1-12-2-3-14(10-20-12)18-6-4-13-8-16(5-7-17(13)21-18)23-11-15(22)9-19/h2-8,10,15,22H,9,11H2,1H3/t15-/m1/s1. The normalized spacial score (nSPS) is 12.3. The predicted molar refractivity (Wildman–Crippen MR) is 87.2 cm³/mol. The number of alkyl halides is 1. The number of halogens is 1. The van der Waals surface area contributed by atoms with E-state index in [1.54, 1.807) is 12.3 Å². The minimum absolute atomic E-state index is 0.0669. The van der Waals surface area contributed by atoms with E-state index in [-0.39, 0.29) is 6.61 Å². The van der Waals surface area contributed by atoms with Crippen LogP contribution in [0.15, 0.2) is 48.7 Å². The van der Waals surface area contributed by atoms with E-state index in [0.717, 1.165) is 27.9 Å². The Morgan fingerprint density at radius 3 is 2.78 bits per heavy atom. The maximum Gasteiger partial charge on any atom is 0.120 e. The van der Waals surface area contributed by atoms with E-state index < -0.39 is 12.8 Å². The van der Waals surface area contributed by atoms with Gasteiger partial charge in [0.15, 0.2) is 0 Å². The SMILES string of the molecule is Cc1ccc(-c2ccc3cc(OC[C@H](O)CF)ccc3n2)cn1. The third kappa shape index (κ3) is 3.63. The lowest BCUT2D eigenvalue weighted by atomic mass is 10.1. The number of hydrogen-bond donors (Lipinski definition) is 1. The third-order valence-corrected chi connectivity index (χ3v) is 3.49. The quantitative estimate of drug-likeness (QED) is 0.785. The number of aryl methyl sites for hydroxylation is 1. The summed E-state index contributed by atoms with van der Waals surface area (Å²) < 4.78 is 17.6. The first-order chi connectivity index (χ1) is 11.2. The van der Waals surface area contributed by atoms with Gasteiger partial charge in [-0.05, 0) is 43.3 Å². The van der Waals surface area contributed by atoms with Crippen molar-refractivity contribution < 1.29 is 14.2 Å². The highest BCUT2D eigenvalue weighted by atomic mass is 19.1. The van der Waals surface area contributed by atoms with E-state index in [1.165, 1.54) is 0 Å². The number of benzene rings is 1. The molecule has 2 heterocycles. The van der Waals surface area contributed by atoms with Gasteiger partial charge in [-0.1, -0.05) is 6.07 Å². The number of aliphatic hydroxyl groups excluding tert-OH is 1. The fraction of sp³-hybridized carbons (Fsp3) is 0.222. The van der Waals surface area contributed by atoms with Crippen LogP contribution in [0.5, 0.6) is 5.75 Å². The zero-order chi connectivity index (χ0) is 16.2. The number of aliphatic hydroxyl groups is 1. The van der Waals surface area contributed by atoms with E-state index in [1.807, 2.05) is 43.3 Å². The lowest BCUT2D eigenvalue weighted by molar-refractivity contribution is 0.0842. The molecule has 1 N–H and O–H groups in total. The topological polar surface area (TPSA) is 55.2 Å². The molecule has 0 saturated heterocycles. The van der Waals surface area contributed by atoms with Gasteiger partial charge in [0.2, 0.25) is 0 Å². The first kappa shape index (κ1) is 15.4. The van der Waals surface area contributed by atoms with Gasteiger partial charge in [0.1, 0.15) is 25.1 Å². The number of hydrogen-bond acceptors (Lipinski definition) is 4. The smallest absolute Gasteiger partial charge is 0.120 e. The molecule has 0 aliphatic carbocycles. The van der Waals surface area contributed by atoms with E-state index in [4.69, 9.17) is 4.74 Å². The van der Waals surface area contributed by atoms with Crippen molar-refractivity contribution in [2.75, 3.05) is 13.3 Å². The van der Waals surface area contributed by atoms with Gasteiger partial charge in [0, 0.05) is 22.8 Å². The largest absolute Gasteiger partial charge is 0.491 e. The first-order valence-electron chi connectivity index (χ1n) is 7.36. The summed E-state index contributed by atoms with van der Waals surface area (Å²) in [5.41, 5.74) is 3.61. The fourth-order valence-corrected chi connectivity index (χ4v) is 2.21. The number of fused-ring (bicyclic) bond motifs is 1. The maximum atomic E-state index is 12.2. The highest BCUT2D eigenvalue weighted by Gasteiger charge is 2.06. The molecule has 3 rings (SSSR count). The van der Waals surface area contributed by atoms with Crippen molar-refractivity contribution in [3.05, 3.63) is 54.4 Å². The van der Waals surface area contributed by atoms with E-state index in [2.05, 4.69) is 9.97 Å². The van der Waals surface area contributed by atoms with Crippen molar-refractivity contribution in [2.24, 2.45) is 0 Å². The van der Waals surface area contributed by atoms with Crippen molar-refractivity contribution in [1.82, 2.24) is 9.97 Å². The molecule has 1 aromatic carbocycles. The van der Waals surface area contributed by atoms with Crippen LogP contribution in [0.3, 0.4) is 0 Å². The summed E-state index contributed by atoms with van der Waals surface area (Å²) in [7, 11) is 0. The zero-order valence-corrected chi connectivity index (χ0v) is 12.7. The number of aromatic nitrogens is 2. The first-order valence-corrected chi connectivity index (χ1v) is 7.36. The van der Waals surface area contributed by atoms with Gasteiger partial charge in [0.25, 0.3) is 0 Å². The number of nitrogens with zero attached hydrogens (tertiary/aromatic N) is 2. The van der Waals surface area contributed by atoms with Crippen LogP contribution in [-0.4, -0.2) is 34.5 Å². The molecule has 118 valence electrons. The second-order valence-corrected chi connectivity index (χ2v) is 5.36. The van der Waals surface area contributed by atoms with Crippen LogP contribution >= 0.6 is 0 Å². The number of rotatable bonds is 5. The Hall–Kier alpha value is -2.53. The van der Waals surface area contributed by atoms with Gasteiger partial charge >= 0.3 is 0 Å². The van der Waals surface area contributed by atoms with Crippen LogP contribution in [0.25, 0.3) is 22.2 Å². The summed E-state index contributed by atoms with van der Waals surface area (Å²) in [6, 6.07) is 13.3. The molecule has 0 radical (unpaired) electrons. The van der Waals surface area contributed by atoms with Crippen LogP contribution in [0, 0.1) is 6.92 Å². The van der Waals surface area contributed by atoms with Crippen molar-refractivity contribution in [1.29, 1.82) is 0 Å². The van der Waals surface area contributed by atoms with Gasteiger partial charge in [-0.3, -0.25) is 4.98 Å². The minimum Gasteiger partial charge on any atom is -0.491 e. The van der Waals surface area contributed by atoms with Crippen LogP contribution in [0.2, 0.25) is 0 Å². The van der Waals surface area contributed by atoms with Gasteiger partial charge in [-0.15, -0.1) is 0 Å². The van der Waals surface area contributed by atoms with Gasteiger partial charge < -0.3 is 9.84 Å². The summed E-state index contributed by atoms with van der Waals surface area (Å²) in [6.45, 7) is 1.06. The molecule has 2 aromatic heterocycles. The molecular weight excluding hydrogens is 295 g/mol. The zero-order valence-electron chi connectivity index (χ0n) is 12.7. The van der Waals surface area contributed by atoms with E-state index >= 15 is 0 Å². The Balaban J connectivity index is 1.85. The second-order valence-electron chi connectivity index (χ2n) is 5.36. The van der Waals surface area contributed by atoms with Crippen molar-refractivity contribution in [3.63, 3.8) is 0 Å². The minimum atomic E-state index is -1.10. The lowest BCUT2D eigenvalue weighted by Gasteiger charge is -2.10. The third-order valence-electron chi connectivity index (χ3n) is 3.49. The molecule has 0 spiro atoms. The monoisotopic (exact) mass is 312 g/mol. The molecule has 0 unspecified atom stereocenters. The maximum absolute atomic E-state index is 12.2. The Kier molecular flexibility index (Phi) is 4.48. The summed E-state index contributed by atoms with van der Waals surface area (Å²) in [6.07, 6.45) is 0.708. The molecule has 0 fully saturated rings. The summed E-state index contributed by atoms with van der Waals surface area (Å²) >= 11 is 0. The Morgan fingerprint density at radius 1 is 1.17 bits per heavy atom. The van der Waals surface area contributed by atoms with Crippen LogP contribution in [0.1, 0.15) is 5.69 Å². The molecule has 5 heteroatoms. The molecule has 0 aliphatic rings. The van der Waals surface area contributed by atoms with Crippen LogP contribution < -0.4 is 4.74 Å². The average Bonchev–Trinajstić information content (AvgIpc) is 2.59. The van der Waals surface area contributed by atoms with Gasteiger partial charge in [-0.25, -0.2) is 9.37 Å². The van der Waals surface area contributed by atoms with Crippen LogP contribution in [0.4, 0.5) is 4.39 Å². The summed E-state index contributed by atoms with van der Waals surface area (Å²) in [5.74, 6) is 0.580. The molecule has 0 aliphatic heterocycles. The van der Waals surface area contributed by atoms with E-state index in [0.29, 0.717) is 5.75 Å². The van der Waals surface area contributed by atoms with Crippen molar-refractivity contribution in [2.45, 2.75) is 13.0 Å². The molecule has 0 amide bonds. The summed E-state index contributed by atoms with van der Waals surface area (Å²) in [5, 5.41) is 10.1. The molecular formula is C18H17FN2O2. The van der Waals surface area contributed by atoms with Gasteiger partial charge in [0.05, 0.1) is 11.2 Å². The Morgan fingerprint density at radius 2 is 2.04 bits per heavy atom. The molecule has 4 nitrogen and oxygen atoms in total. The number of pyridine rings is 2. The fourth-order valence-electron chi connectivity index (χ4n) is 2.21. The lowest BCUT2D eigenvalue weighted by Crippen LogP contribution is -2.19. The highest BCUT2D eigenvalue weighted by molar-refractivity contribution is 5.82. The summed E-state index contributed by atoms with van der Waals surface area (Å²) in [4.78, 5) is 8.91. The average molecular weight is 312 g/mol. The van der Waals surface area contributed by atoms with Gasteiger partial charge in [-0.2, -0.15) is 0 Å². The molecule has 3 aromatic rings. The van der Waals surface area contributed by atoms with Crippen molar-refractivity contribution in [3.8, 4) is 17.0 Å². The van der Waals surface area contributed by atoms with Crippen LogP contribution in [-0.2, 0) is 0 Å². The molecule has 23 heavy (non-hydrogen) atoms. The Labute approximate surface area is 133 Å². The van der Waals surface area contributed by atoms with E-state index in [9.17, 15) is 9.50 Å². The molecule has 0 bridgehead atoms. The Bertz CT molecular complexity index is 806. The molecule has 0 saturated carbocycles. The second kappa shape index (κ2) is 6.71. The number of ether oxygens (including phenoxy) is 1. The van der Waals surface area contributed by atoms with Crippen molar-refractivity contribution >= 4 is 10.9 Å². The predicted octanol–water partition coefficient (Wildman–Crippen LogP) is 3.31. The molecule has 1 atom stereocenters.